The van der Waals surface area contributed by atoms with Crippen molar-refractivity contribution in [2.24, 2.45) is 5.92 Å². The molecule has 1 saturated carbocycles. The van der Waals surface area contributed by atoms with Gasteiger partial charge in [-0.3, -0.25) is 0 Å². The van der Waals surface area contributed by atoms with Gasteiger partial charge in [0.05, 0.1) is 5.52 Å². The maximum atomic E-state index is 4.79. The second-order valence-electron chi connectivity index (χ2n) is 8.30. The Kier molecular flexibility index (Phi) is 7.67. The topological polar surface area (TPSA) is 53.1 Å². The third-order valence-electron chi connectivity index (χ3n) is 5.87. The number of aryl methyl sites for hydroxylation is 1. The minimum absolute atomic E-state index is 0. The third kappa shape index (κ3) is 5.29. The molecule has 0 aliphatic heterocycles. The molecule has 3 aromatic rings. The van der Waals surface area contributed by atoms with E-state index in [1.807, 2.05) is 37.6 Å². The van der Waals surface area contributed by atoms with Crippen LogP contribution in [0.5, 0.6) is 0 Å². The Morgan fingerprint density at radius 2 is 1.83 bits per heavy atom. The normalized spacial score (nSPS) is 18.8. The molecule has 1 aromatic carbocycles. The molecule has 1 fully saturated rings. The number of nitrogens with zero attached hydrogens (tertiary/aromatic N) is 3. The number of hydrogen-bond donors (Lipinski definition) is 2. The Hall–Kier alpha value is -2.18. The van der Waals surface area contributed by atoms with Crippen LogP contribution in [-0.4, -0.2) is 36.6 Å². The van der Waals surface area contributed by atoms with Crippen molar-refractivity contribution in [3.05, 3.63) is 46.2 Å². The molecule has 5 nitrogen and oxygen atoms in total. The van der Waals surface area contributed by atoms with Crippen molar-refractivity contribution in [2.45, 2.75) is 52.6 Å². The molecule has 0 amide bonds. The summed E-state index contributed by atoms with van der Waals surface area (Å²) in [4.78, 5) is 13.1. The molecule has 2 heterocycles. The van der Waals surface area contributed by atoms with E-state index in [0.717, 1.165) is 41.7 Å². The van der Waals surface area contributed by atoms with Crippen LogP contribution in [0.1, 0.15) is 43.6 Å². The van der Waals surface area contributed by atoms with E-state index >= 15 is 0 Å². The van der Waals surface area contributed by atoms with Crippen molar-refractivity contribution in [3.63, 3.8) is 0 Å². The second-order valence-corrected chi connectivity index (χ2v) is 9.30. The van der Waals surface area contributed by atoms with Crippen molar-refractivity contribution >= 4 is 34.0 Å². The Morgan fingerprint density at radius 1 is 1.07 bits per heavy atom. The monoisotopic (exact) mass is 425 g/mol. The highest BCUT2D eigenvalue weighted by molar-refractivity contribution is 7.10. The standard InChI is InChI=1S/C23H31N5S.CH4/c1-16-12-13-29-21(16)15-24-14-17-8-10-18(11-9-17)25-23-26-20-7-5-4-6-19(20)22(27-23)28(2)3;/h4-7,12-13,17-18,24H,8-11,14-15H2,1-3H3,(H,25,26,27);1H4. The van der Waals surface area contributed by atoms with Gasteiger partial charge in [-0.25, -0.2) is 4.98 Å². The lowest BCUT2D eigenvalue weighted by Crippen LogP contribution is -2.31. The number of thiophene rings is 1. The summed E-state index contributed by atoms with van der Waals surface area (Å²) in [5.41, 5.74) is 2.40. The largest absolute Gasteiger partial charge is 0.362 e. The van der Waals surface area contributed by atoms with E-state index in [4.69, 9.17) is 9.97 Å². The van der Waals surface area contributed by atoms with E-state index < -0.39 is 0 Å². The van der Waals surface area contributed by atoms with E-state index in [-0.39, 0.29) is 7.43 Å². The SMILES string of the molecule is C.Cc1ccsc1CNCC1CCC(Nc2nc(N(C)C)c3ccccc3n2)CC1. The first-order chi connectivity index (χ1) is 14.1. The number of fused-ring (bicyclic) bond motifs is 1. The zero-order valence-corrected chi connectivity index (χ0v) is 18.4. The molecule has 162 valence electrons. The van der Waals surface area contributed by atoms with Gasteiger partial charge in [-0.15, -0.1) is 11.3 Å². The highest BCUT2D eigenvalue weighted by Gasteiger charge is 2.22. The molecule has 0 radical (unpaired) electrons. The lowest BCUT2D eigenvalue weighted by atomic mass is 9.86. The van der Waals surface area contributed by atoms with Crippen LogP contribution in [0.25, 0.3) is 10.9 Å². The summed E-state index contributed by atoms with van der Waals surface area (Å²) in [5, 5.41) is 10.5. The maximum absolute atomic E-state index is 4.79. The molecule has 0 bridgehead atoms. The number of rotatable bonds is 7. The lowest BCUT2D eigenvalue weighted by Gasteiger charge is -2.29. The molecule has 2 aromatic heterocycles. The van der Waals surface area contributed by atoms with Crippen molar-refractivity contribution in [1.82, 2.24) is 15.3 Å². The molecule has 30 heavy (non-hydrogen) atoms. The predicted octanol–water partition coefficient (Wildman–Crippen LogP) is 5.46. The van der Waals surface area contributed by atoms with Gasteiger partial charge in [0.2, 0.25) is 5.95 Å². The highest BCUT2D eigenvalue weighted by Crippen LogP contribution is 2.28. The van der Waals surface area contributed by atoms with Crippen LogP contribution < -0.4 is 15.5 Å². The summed E-state index contributed by atoms with van der Waals surface area (Å²) in [6, 6.07) is 10.9. The average Bonchev–Trinajstić information content (AvgIpc) is 3.13. The Balaban J connectivity index is 0.00000256. The van der Waals surface area contributed by atoms with Gasteiger partial charge < -0.3 is 15.5 Å². The van der Waals surface area contributed by atoms with Crippen molar-refractivity contribution in [1.29, 1.82) is 0 Å². The van der Waals surface area contributed by atoms with E-state index in [1.165, 1.54) is 36.1 Å². The molecule has 6 heteroatoms. The summed E-state index contributed by atoms with van der Waals surface area (Å²) in [6.07, 6.45) is 4.86. The third-order valence-corrected chi connectivity index (χ3v) is 6.90. The maximum Gasteiger partial charge on any atom is 0.225 e. The number of aromatic nitrogens is 2. The lowest BCUT2D eigenvalue weighted by molar-refractivity contribution is 0.324. The molecule has 2 N–H and O–H groups in total. The van der Waals surface area contributed by atoms with Gasteiger partial charge in [0, 0.05) is 36.9 Å². The summed E-state index contributed by atoms with van der Waals surface area (Å²) < 4.78 is 0. The second kappa shape index (κ2) is 10.2. The fourth-order valence-corrected chi connectivity index (χ4v) is 5.01. The molecule has 0 spiro atoms. The van der Waals surface area contributed by atoms with Crippen LogP contribution in [0.2, 0.25) is 0 Å². The quantitative estimate of drug-likeness (QED) is 0.526. The fraction of sp³-hybridized carbons (Fsp3) is 0.500. The van der Waals surface area contributed by atoms with Crippen molar-refractivity contribution in [3.8, 4) is 0 Å². The van der Waals surface area contributed by atoms with Crippen LogP contribution in [-0.2, 0) is 6.54 Å². The highest BCUT2D eigenvalue weighted by atomic mass is 32.1. The summed E-state index contributed by atoms with van der Waals surface area (Å²) >= 11 is 1.85. The number of hydrogen-bond acceptors (Lipinski definition) is 6. The van der Waals surface area contributed by atoms with Crippen LogP contribution >= 0.6 is 11.3 Å². The number of anilines is 2. The van der Waals surface area contributed by atoms with Gasteiger partial charge >= 0.3 is 0 Å². The van der Waals surface area contributed by atoms with Gasteiger partial charge in [-0.1, -0.05) is 19.6 Å². The number of nitrogens with one attached hydrogen (secondary N) is 2. The molecular formula is C24H35N5S. The minimum atomic E-state index is 0. The van der Waals surface area contributed by atoms with Crippen LogP contribution in [0.15, 0.2) is 35.7 Å². The minimum Gasteiger partial charge on any atom is -0.362 e. The van der Waals surface area contributed by atoms with E-state index in [0.29, 0.717) is 6.04 Å². The Morgan fingerprint density at radius 3 is 2.53 bits per heavy atom. The summed E-state index contributed by atoms with van der Waals surface area (Å²) in [5.74, 6) is 2.49. The Bertz CT molecular complexity index is 944. The molecule has 4 rings (SSSR count). The summed E-state index contributed by atoms with van der Waals surface area (Å²) in [7, 11) is 4.07. The Labute approximate surface area is 184 Å². The zero-order valence-electron chi connectivity index (χ0n) is 17.6. The predicted molar refractivity (Wildman–Crippen MR) is 131 cm³/mol. The van der Waals surface area contributed by atoms with Gasteiger partial charge in [0.25, 0.3) is 0 Å². The van der Waals surface area contributed by atoms with Crippen LogP contribution in [0, 0.1) is 12.8 Å². The fourth-order valence-electron chi connectivity index (χ4n) is 4.13. The van der Waals surface area contributed by atoms with E-state index in [1.54, 1.807) is 0 Å². The van der Waals surface area contributed by atoms with Gasteiger partial charge in [-0.2, -0.15) is 4.98 Å². The van der Waals surface area contributed by atoms with Crippen LogP contribution in [0.3, 0.4) is 0 Å². The average molecular weight is 426 g/mol. The number of benzene rings is 1. The molecule has 0 atom stereocenters. The molecule has 0 saturated heterocycles. The van der Waals surface area contributed by atoms with Gasteiger partial charge in [0.15, 0.2) is 0 Å². The van der Waals surface area contributed by atoms with Gasteiger partial charge in [0.1, 0.15) is 5.82 Å². The summed E-state index contributed by atoms with van der Waals surface area (Å²) in [6.45, 7) is 4.31. The van der Waals surface area contributed by atoms with E-state index in [2.05, 4.69) is 46.0 Å². The van der Waals surface area contributed by atoms with Crippen molar-refractivity contribution in [2.75, 3.05) is 30.9 Å². The first kappa shape index (κ1) is 22.5. The first-order valence-electron chi connectivity index (χ1n) is 10.5. The smallest absolute Gasteiger partial charge is 0.225 e. The molecular weight excluding hydrogens is 390 g/mol. The van der Waals surface area contributed by atoms with Gasteiger partial charge in [-0.05, 0) is 74.2 Å². The van der Waals surface area contributed by atoms with Crippen LogP contribution in [0.4, 0.5) is 11.8 Å². The molecule has 0 unspecified atom stereocenters. The van der Waals surface area contributed by atoms with Crippen molar-refractivity contribution < 1.29 is 0 Å². The molecule has 1 aliphatic carbocycles. The zero-order chi connectivity index (χ0) is 20.2. The van der Waals surface area contributed by atoms with E-state index in [9.17, 15) is 0 Å². The molecule has 1 aliphatic rings. The first-order valence-corrected chi connectivity index (χ1v) is 11.4. The number of para-hydroxylation sites is 1.